The van der Waals surface area contributed by atoms with Crippen LogP contribution >= 0.6 is 0 Å². The van der Waals surface area contributed by atoms with E-state index in [-0.39, 0.29) is 0 Å². The van der Waals surface area contributed by atoms with E-state index in [1.54, 1.807) is 0 Å². The van der Waals surface area contributed by atoms with Crippen molar-refractivity contribution in [2.45, 2.75) is 38.1 Å². The van der Waals surface area contributed by atoms with Crippen LogP contribution in [0.15, 0.2) is 36.7 Å². The first-order chi connectivity index (χ1) is 9.88. The zero-order valence-corrected chi connectivity index (χ0v) is 11.6. The first kappa shape index (κ1) is 11.0. The zero-order valence-electron chi connectivity index (χ0n) is 11.6. The van der Waals surface area contributed by atoms with Gasteiger partial charge in [-0.25, -0.2) is 4.57 Å². The topological polar surface area (TPSA) is 16.8 Å². The first-order valence-corrected chi connectivity index (χ1v) is 7.86. The molecule has 5 rings (SSSR count). The predicted molar refractivity (Wildman–Crippen MR) is 77.2 cm³/mol. The van der Waals surface area contributed by atoms with E-state index in [1.807, 2.05) is 0 Å². The van der Waals surface area contributed by atoms with Gasteiger partial charge in [0.05, 0.1) is 0 Å². The third kappa shape index (κ3) is 1.45. The fourth-order valence-electron chi connectivity index (χ4n) is 4.72. The predicted octanol–water partition coefficient (Wildman–Crippen LogP) is 3.30. The number of nitrogens with zero attached hydrogens (tertiary/aromatic N) is 2. The van der Waals surface area contributed by atoms with Gasteiger partial charge >= 0.3 is 0 Å². The molecule has 3 atom stereocenters. The van der Waals surface area contributed by atoms with Gasteiger partial charge in [0.25, 0.3) is 6.33 Å². The van der Waals surface area contributed by atoms with Crippen LogP contribution in [-0.4, -0.2) is 4.98 Å². The third-order valence-corrected chi connectivity index (χ3v) is 5.69. The molecule has 2 heteroatoms. The SMILES string of the molecule is c1ccc2c(c1)C[n+]1cnc(C3CC4CCC3C4)cc1-2. The van der Waals surface area contributed by atoms with E-state index in [0.717, 1.165) is 24.3 Å². The Morgan fingerprint density at radius 3 is 2.90 bits per heavy atom. The van der Waals surface area contributed by atoms with E-state index in [0.29, 0.717) is 0 Å². The molecule has 20 heavy (non-hydrogen) atoms. The molecule has 2 fully saturated rings. The molecule has 1 aromatic heterocycles. The average Bonchev–Trinajstić information content (AvgIpc) is 3.19. The lowest BCUT2D eigenvalue weighted by molar-refractivity contribution is -0.675. The molecule has 0 saturated heterocycles. The van der Waals surface area contributed by atoms with Crippen molar-refractivity contribution in [1.29, 1.82) is 0 Å². The minimum atomic E-state index is 0.729. The lowest BCUT2D eigenvalue weighted by Gasteiger charge is -2.18. The highest BCUT2D eigenvalue weighted by Crippen LogP contribution is 2.52. The largest absolute Gasteiger partial charge is 0.287 e. The van der Waals surface area contributed by atoms with Gasteiger partial charge in [0, 0.05) is 23.1 Å². The van der Waals surface area contributed by atoms with Crippen LogP contribution in [0.4, 0.5) is 0 Å². The Labute approximate surface area is 119 Å². The Kier molecular flexibility index (Phi) is 2.15. The van der Waals surface area contributed by atoms with Crippen LogP contribution in [0.25, 0.3) is 11.3 Å². The molecule has 100 valence electrons. The maximum absolute atomic E-state index is 4.80. The number of aromatic nitrogens is 2. The van der Waals surface area contributed by atoms with E-state index < -0.39 is 0 Å². The van der Waals surface area contributed by atoms with Crippen molar-refractivity contribution < 1.29 is 4.57 Å². The van der Waals surface area contributed by atoms with Crippen molar-refractivity contribution >= 4 is 0 Å². The number of fused-ring (bicyclic) bond motifs is 5. The van der Waals surface area contributed by atoms with Crippen LogP contribution in [0.1, 0.15) is 42.9 Å². The summed E-state index contributed by atoms with van der Waals surface area (Å²) in [7, 11) is 0. The Bertz CT molecular complexity index is 692. The van der Waals surface area contributed by atoms with Crippen molar-refractivity contribution in [2.24, 2.45) is 11.8 Å². The standard InChI is InChI=1S/C18H19N2/c1-2-4-15-14(3-1)10-20-11-19-17(9-18(15)20)16-8-12-5-6-13(16)7-12/h1-4,9,11-13,16H,5-8,10H2/q+1. The molecule has 0 radical (unpaired) electrons. The Morgan fingerprint density at radius 2 is 2.05 bits per heavy atom. The van der Waals surface area contributed by atoms with E-state index in [4.69, 9.17) is 4.98 Å². The second kappa shape index (κ2) is 3.91. The van der Waals surface area contributed by atoms with Crippen LogP contribution < -0.4 is 4.57 Å². The highest BCUT2D eigenvalue weighted by molar-refractivity contribution is 5.63. The highest BCUT2D eigenvalue weighted by atomic mass is 15.0. The second-order valence-corrected chi connectivity index (χ2v) is 6.77. The molecule has 0 spiro atoms. The first-order valence-electron chi connectivity index (χ1n) is 7.86. The maximum Gasteiger partial charge on any atom is 0.287 e. The fourth-order valence-corrected chi connectivity index (χ4v) is 4.72. The lowest BCUT2D eigenvalue weighted by atomic mass is 9.86. The van der Waals surface area contributed by atoms with Gasteiger partial charge < -0.3 is 0 Å². The molecule has 2 bridgehead atoms. The van der Waals surface area contributed by atoms with Gasteiger partial charge in [0.15, 0.2) is 5.69 Å². The van der Waals surface area contributed by atoms with Gasteiger partial charge in [0.1, 0.15) is 12.2 Å². The van der Waals surface area contributed by atoms with E-state index >= 15 is 0 Å². The summed E-state index contributed by atoms with van der Waals surface area (Å²) in [6.07, 6.45) is 7.79. The summed E-state index contributed by atoms with van der Waals surface area (Å²) in [5.74, 6) is 2.62. The van der Waals surface area contributed by atoms with E-state index in [2.05, 4.69) is 41.2 Å². The number of hydrogen-bond donors (Lipinski definition) is 0. The normalized spacial score (nSPS) is 29.5. The Balaban J connectivity index is 1.59. The zero-order chi connectivity index (χ0) is 13.1. The van der Waals surface area contributed by atoms with Gasteiger partial charge in [-0.3, -0.25) is 0 Å². The number of benzene rings is 1. The maximum atomic E-state index is 4.80. The van der Waals surface area contributed by atoms with Gasteiger partial charge in [0.2, 0.25) is 0 Å². The number of rotatable bonds is 1. The van der Waals surface area contributed by atoms with Crippen molar-refractivity contribution in [3.05, 3.63) is 47.9 Å². The van der Waals surface area contributed by atoms with Gasteiger partial charge in [-0.05, 0) is 31.1 Å². The molecule has 2 saturated carbocycles. The monoisotopic (exact) mass is 263 g/mol. The lowest BCUT2D eigenvalue weighted by Crippen LogP contribution is -2.33. The fraction of sp³-hybridized carbons (Fsp3) is 0.444. The molecule has 3 unspecified atom stereocenters. The van der Waals surface area contributed by atoms with Crippen molar-refractivity contribution in [3.63, 3.8) is 0 Å². The molecule has 3 aliphatic rings. The Hall–Kier alpha value is -1.70. The van der Waals surface area contributed by atoms with Crippen molar-refractivity contribution in [3.8, 4) is 11.3 Å². The minimum absolute atomic E-state index is 0.729. The molecule has 2 nitrogen and oxygen atoms in total. The molecule has 2 aliphatic carbocycles. The molecular weight excluding hydrogens is 244 g/mol. The van der Waals surface area contributed by atoms with Gasteiger partial charge in [-0.2, -0.15) is 0 Å². The molecule has 0 amide bonds. The van der Waals surface area contributed by atoms with Crippen LogP contribution in [0.3, 0.4) is 0 Å². The third-order valence-electron chi connectivity index (χ3n) is 5.69. The molecule has 2 aromatic rings. The summed E-state index contributed by atoms with van der Waals surface area (Å²) in [6.45, 7) is 0.982. The molecular formula is C18H19N2+. The summed E-state index contributed by atoms with van der Waals surface area (Å²) in [5, 5.41) is 0. The number of hydrogen-bond acceptors (Lipinski definition) is 1. The minimum Gasteiger partial charge on any atom is -0.226 e. The van der Waals surface area contributed by atoms with Crippen LogP contribution in [0.5, 0.6) is 0 Å². The second-order valence-electron chi connectivity index (χ2n) is 6.77. The molecule has 0 N–H and O–H groups in total. The van der Waals surface area contributed by atoms with Crippen LogP contribution in [0, 0.1) is 11.8 Å². The summed E-state index contributed by atoms with van der Waals surface area (Å²) in [5.41, 5.74) is 5.55. The van der Waals surface area contributed by atoms with Gasteiger partial charge in [-0.15, -0.1) is 0 Å². The van der Waals surface area contributed by atoms with Crippen LogP contribution in [0.2, 0.25) is 0 Å². The van der Waals surface area contributed by atoms with E-state index in [1.165, 1.54) is 48.2 Å². The summed E-state index contributed by atoms with van der Waals surface area (Å²) >= 11 is 0. The van der Waals surface area contributed by atoms with Crippen LogP contribution in [-0.2, 0) is 6.54 Å². The summed E-state index contributed by atoms with van der Waals surface area (Å²) in [4.78, 5) is 4.80. The molecule has 2 heterocycles. The average molecular weight is 263 g/mol. The molecule has 1 aliphatic heterocycles. The molecule has 1 aromatic carbocycles. The van der Waals surface area contributed by atoms with Crippen molar-refractivity contribution in [1.82, 2.24) is 4.98 Å². The smallest absolute Gasteiger partial charge is 0.226 e. The summed E-state index contributed by atoms with van der Waals surface area (Å²) in [6, 6.07) is 11.1. The van der Waals surface area contributed by atoms with E-state index in [9.17, 15) is 0 Å². The highest BCUT2D eigenvalue weighted by Gasteiger charge is 2.43. The summed E-state index contributed by atoms with van der Waals surface area (Å²) < 4.78 is 2.29. The quantitative estimate of drug-likeness (QED) is 0.616. The Morgan fingerprint density at radius 1 is 1.10 bits per heavy atom. The van der Waals surface area contributed by atoms with Crippen molar-refractivity contribution in [2.75, 3.05) is 0 Å². The van der Waals surface area contributed by atoms with Gasteiger partial charge in [-0.1, -0.05) is 35.7 Å².